The Morgan fingerprint density at radius 3 is 2.14 bits per heavy atom. The van der Waals surface area contributed by atoms with Crippen molar-refractivity contribution in [3.05, 3.63) is 0 Å². The summed E-state index contributed by atoms with van der Waals surface area (Å²) in [5, 5.41) is 0. The standard InChI is InChI=1S/C9H20N4O/c1-11(2)9(14)7-12-3-5-13(8-10)6-4-12/h3-8,10H2,1-2H3. The van der Waals surface area contributed by atoms with Crippen LogP contribution in [0.1, 0.15) is 0 Å². The lowest BCUT2D eigenvalue weighted by molar-refractivity contribution is -0.130. The smallest absolute Gasteiger partial charge is 0.236 e. The Bertz CT molecular complexity index is 187. The lowest BCUT2D eigenvalue weighted by Gasteiger charge is -2.33. The monoisotopic (exact) mass is 200 g/mol. The highest BCUT2D eigenvalue weighted by atomic mass is 16.2. The number of carbonyl (C=O) groups is 1. The molecular weight excluding hydrogens is 180 g/mol. The fourth-order valence-corrected chi connectivity index (χ4v) is 1.46. The van der Waals surface area contributed by atoms with Crippen molar-refractivity contribution in [3.63, 3.8) is 0 Å². The number of carbonyl (C=O) groups excluding carboxylic acids is 1. The van der Waals surface area contributed by atoms with Crippen molar-refractivity contribution in [1.29, 1.82) is 0 Å². The Morgan fingerprint density at radius 1 is 1.21 bits per heavy atom. The topological polar surface area (TPSA) is 52.8 Å². The van der Waals surface area contributed by atoms with E-state index < -0.39 is 0 Å². The number of rotatable bonds is 3. The van der Waals surface area contributed by atoms with E-state index in [1.807, 2.05) is 0 Å². The second-order valence-corrected chi connectivity index (χ2v) is 3.86. The van der Waals surface area contributed by atoms with Gasteiger partial charge in [-0.05, 0) is 0 Å². The van der Waals surface area contributed by atoms with E-state index in [1.165, 1.54) is 0 Å². The highest BCUT2D eigenvalue weighted by molar-refractivity contribution is 5.77. The Balaban J connectivity index is 2.25. The van der Waals surface area contributed by atoms with Gasteiger partial charge in [0.2, 0.25) is 5.91 Å². The average Bonchev–Trinajstić information content (AvgIpc) is 2.19. The predicted octanol–water partition coefficient (Wildman–Crippen LogP) is -1.39. The first-order chi connectivity index (χ1) is 6.63. The molecule has 0 aromatic carbocycles. The number of piperazine rings is 1. The summed E-state index contributed by atoms with van der Waals surface area (Å²) in [4.78, 5) is 17.4. The van der Waals surface area contributed by atoms with Crippen LogP contribution in [0.2, 0.25) is 0 Å². The number of nitrogens with two attached hydrogens (primary N) is 1. The Hall–Kier alpha value is -0.650. The molecule has 2 N–H and O–H groups in total. The van der Waals surface area contributed by atoms with Gasteiger partial charge in [-0.3, -0.25) is 14.6 Å². The normalized spacial score (nSPS) is 19.6. The molecule has 5 heteroatoms. The van der Waals surface area contributed by atoms with Gasteiger partial charge in [0.1, 0.15) is 0 Å². The highest BCUT2D eigenvalue weighted by Crippen LogP contribution is 1.99. The second kappa shape index (κ2) is 5.29. The van der Waals surface area contributed by atoms with Crippen molar-refractivity contribution < 1.29 is 4.79 Å². The van der Waals surface area contributed by atoms with Gasteiger partial charge >= 0.3 is 0 Å². The molecule has 1 fully saturated rings. The summed E-state index contributed by atoms with van der Waals surface area (Å²) in [5.41, 5.74) is 5.53. The first-order valence-electron chi connectivity index (χ1n) is 4.98. The number of likely N-dealkylation sites (N-methyl/N-ethyl adjacent to an activating group) is 1. The number of amides is 1. The molecule has 0 spiro atoms. The van der Waals surface area contributed by atoms with Gasteiger partial charge in [-0.15, -0.1) is 0 Å². The van der Waals surface area contributed by atoms with Crippen LogP contribution < -0.4 is 5.73 Å². The maximum absolute atomic E-state index is 11.4. The molecule has 1 heterocycles. The van der Waals surface area contributed by atoms with Gasteiger partial charge in [0, 0.05) is 46.9 Å². The van der Waals surface area contributed by atoms with Crippen LogP contribution >= 0.6 is 0 Å². The molecule has 0 aromatic rings. The van der Waals surface area contributed by atoms with Crippen LogP contribution in [-0.2, 0) is 4.79 Å². The quantitative estimate of drug-likeness (QED) is 0.609. The van der Waals surface area contributed by atoms with E-state index in [1.54, 1.807) is 19.0 Å². The molecule has 1 saturated heterocycles. The summed E-state index contributed by atoms with van der Waals surface area (Å²) < 4.78 is 0. The predicted molar refractivity (Wildman–Crippen MR) is 55.8 cm³/mol. The molecule has 0 aliphatic carbocycles. The molecule has 0 atom stereocenters. The highest BCUT2D eigenvalue weighted by Gasteiger charge is 2.18. The van der Waals surface area contributed by atoms with E-state index in [4.69, 9.17) is 5.73 Å². The van der Waals surface area contributed by atoms with Gasteiger partial charge in [0.15, 0.2) is 0 Å². The summed E-state index contributed by atoms with van der Waals surface area (Å²) in [6.07, 6.45) is 0. The molecule has 0 radical (unpaired) electrons. The molecular formula is C9H20N4O. The van der Waals surface area contributed by atoms with Gasteiger partial charge in [0.25, 0.3) is 0 Å². The van der Waals surface area contributed by atoms with Crippen LogP contribution in [-0.4, -0.2) is 74.1 Å². The zero-order chi connectivity index (χ0) is 10.6. The lowest BCUT2D eigenvalue weighted by Crippen LogP contribution is -2.50. The van der Waals surface area contributed by atoms with E-state index in [0.717, 1.165) is 26.2 Å². The maximum Gasteiger partial charge on any atom is 0.236 e. The largest absolute Gasteiger partial charge is 0.348 e. The molecule has 82 valence electrons. The molecule has 1 rings (SSSR count). The summed E-state index contributed by atoms with van der Waals surface area (Å²) in [6.45, 7) is 4.98. The summed E-state index contributed by atoms with van der Waals surface area (Å²) in [5.74, 6) is 0.172. The van der Waals surface area contributed by atoms with Crippen molar-refractivity contribution in [2.75, 3.05) is 53.5 Å². The first-order valence-corrected chi connectivity index (χ1v) is 4.98. The van der Waals surface area contributed by atoms with Crippen LogP contribution in [0.3, 0.4) is 0 Å². The summed E-state index contributed by atoms with van der Waals surface area (Å²) in [7, 11) is 3.58. The molecule has 0 bridgehead atoms. The van der Waals surface area contributed by atoms with E-state index in [2.05, 4.69) is 9.80 Å². The summed E-state index contributed by atoms with van der Waals surface area (Å²) in [6, 6.07) is 0. The van der Waals surface area contributed by atoms with Crippen LogP contribution in [0.4, 0.5) is 0 Å². The third-order valence-electron chi connectivity index (χ3n) is 2.58. The van der Waals surface area contributed by atoms with Gasteiger partial charge in [-0.25, -0.2) is 0 Å². The molecule has 1 amide bonds. The zero-order valence-electron chi connectivity index (χ0n) is 9.07. The fourth-order valence-electron chi connectivity index (χ4n) is 1.46. The van der Waals surface area contributed by atoms with Crippen LogP contribution in [0.15, 0.2) is 0 Å². The third-order valence-corrected chi connectivity index (χ3v) is 2.58. The number of nitrogens with zero attached hydrogens (tertiary/aromatic N) is 3. The van der Waals surface area contributed by atoms with Crippen LogP contribution in [0.5, 0.6) is 0 Å². The Labute approximate surface area is 85.4 Å². The molecule has 0 aromatic heterocycles. The molecule has 1 aliphatic rings. The molecule has 5 nitrogen and oxygen atoms in total. The Kier molecular flexibility index (Phi) is 4.31. The maximum atomic E-state index is 11.4. The van der Waals surface area contributed by atoms with Crippen molar-refractivity contribution in [3.8, 4) is 0 Å². The van der Waals surface area contributed by atoms with Crippen LogP contribution in [0.25, 0.3) is 0 Å². The van der Waals surface area contributed by atoms with Crippen molar-refractivity contribution in [2.24, 2.45) is 5.73 Å². The van der Waals surface area contributed by atoms with Gasteiger partial charge in [-0.1, -0.05) is 0 Å². The molecule has 0 unspecified atom stereocenters. The second-order valence-electron chi connectivity index (χ2n) is 3.86. The number of hydrogen-bond acceptors (Lipinski definition) is 4. The van der Waals surface area contributed by atoms with Crippen molar-refractivity contribution >= 4 is 5.91 Å². The third kappa shape index (κ3) is 3.25. The average molecular weight is 200 g/mol. The molecule has 0 saturated carbocycles. The SMILES string of the molecule is CN(C)C(=O)CN1CCN(CN)CC1. The van der Waals surface area contributed by atoms with Crippen molar-refractivity contribution in [1.82, 2.24) is 14.7 Å². The minimum Gasteiger partial charge on any atom is -0.348 e. The first kappa shape index (κ1) is 11.4. The van der Waals surface area contributed by atoms with Crippen LogP contribution in [0, 0.1) is 0 Å². The van der Waals surface area contributed by atoms with E-state index in [-0.39, 0.29) is 5.91 Å². The van der Waals surface area contributed by atoms with E-state index in [0.29, 0.717) is 13.2 Å². The van der Waals surface area contributed by atoms with Crippen molar-refractivity contribution in [2.45, 2.75) is 0 Å². The minimum atomic E-state index is 0.172. The minimum absolute atomic E-state index is 0.172. The van der Waals surface area contributed by atoms with Gasteiger partial charge in [-0.2, -0.15) is 0 Å². The van der Waals surface area contributed by atoms with Gasteiger partial charge in [0.05, 0.1) is 6.54 Å². The fraction of sp³-hybridized carbons (Fsp3) is 0.889. The molecule has 1 aliphatic heterocycles. The van der Waals surface area contributed by atoms with Gasteiger partial charge < -0.3 is 10.6 Å². The lowest BCUT2D eigenvalue weighted by atomic mass is 10.3. The summed E-state index contributed by atoms with van der Waals surface area (Å²) >= 11 is 0. The zero-order valence-corrected chi connectivity index (χ0v) is 9.07. The number of hydrogen-bond donors (Lipinski definition) is 1. The molecule has 14 heavy (non-hydrogen) atoms. The van der Waals surface area contributed by atoms with E-state index in [9.17, 15) is 4.79 Å². The van der Waals surface area contributed by atoms with E-state index >= 15 is 0 Å². The Morgan fingerprint density at radius 2 is 1.71 bits per heavy atom.